The summed E-state index contributed by atoms with van der Waals surface area (Å²) in [6, 6.07) is 24.6. The van der Waals surface area contributed by atoms with E-state index in [4.69, 9.17) is 5.10 Å². The Bertz CT molecular complexity index is 1180. The molecule has 0 saturated carbocycles. The third-order valence-electron chi connectivity index (χ3n) is 6.65. The van der Waals surface area contributed by atoms with E-state index in [-0.39, 0.29) is 11.8 Å². The molecule has 2 heterocycles. The van der Waals surface area contributed by atoms with Crippen molar-refractivity contribution in [3.8, 4) is 11.3 Å². The summed E-state index contributed by atoms with van der Waals surface area (Å²) in [6.45, 7) is 1.25. The number of pyridine rings is 1. The fraction of sp³-hybridized carbons (Fsp3) is 0.276. The van der Waals surface area contributed by atoms with Crippen molar-refractivity contribution < 1.29 is 4.79 Å². The average Bonchev–Trinajstić information content (AvgIpc) is 3.27. The van der Waals surface area contributed by atoms with Crippen LogP contribution < -0.4 is 5.32 Å². The van der Waals surface area contributed by atoms with Crippen LogP contribution in [0.25, 0.3) is 11.3 Å². The van der Waals surface area contributed by atoms with Gasteiger partial charge in [0.05, 0.1) is 12.2 Å². The Morgan fingerprint density at radius 2 is 1.53 bits per heavy atom. The number of fused-ring (bicyclic) bond motifs is 1. The predicted octanol–water partition coefficient (Wildman–Crippen LogP) is 5.16. The number of aromatic nitrogens is 3. The van der Waals surface area contributed by atoms with E-state index in [1.54, 1.807) is 0 Å². The minimum atomic E-state index is 0.0400. The van der Waals surface area contributed by atoms with Gasteiger partial charge in [0, 0.05) is 48.1 Å². The molecule has 0 spiro atoms. The molecule has 5 heteroatoms. The molecule has 0 radical (unpaired) electrons. The first-order valence-electron chi connectivity index (χ1n) is 12.1. The quantitative estimate of drug-likeness (QED) is 0.403. The molecule has 0 saturated heterocycles. The van der Waals surface area contributed by atoms with Crippen LogP contribution in [-0.4, -0.2) is 27.2 Å². The second kappa shape index (κ2) is 10.5. The van der Waals surface area contributed by atoms with Crippen molar-refractivity contribution in [1.82, 2.24) is 20.1 Å². The van der Waals surface area contributed by atoms with Gasteiger partial charge in [-0.25, -0.2) is 0 Å². The lowest BCUT2D eigenvalue weighted by Crippen LogP contribution is -2.29. The van der Waals surface area contributed by atoms with Gasteiger partial charge in [0.2, 0.25) is 5.91 Å². The van der Waals surface area contributed by atoms with Gasteiger partial charge in [0.15, 0.2) is 0 Å². The van der Waals surface area contributed by atoms with Crippen molar-refractivity contribution >= 4 is 5.91 Å². The molecule has 172 valence electrons. The highest BCUT2D eigenvalue weighted by Crippen LogP contribution is 2.31. The Balaban J connectivity index is 1.27. The molecule has 1 N–H and O–H groups in total. The lowest BCUT2D eigenvalue weighted by atomic mass is 9.88. The zero-order chi connectivity index (χ0) is 23.2. The maximum atomic E-state index is 13.0. The summed E-state index contributed by atoms with van der Waals surface area (Å²) in [5.74, 6) is 0.103. The van der Waals surface area contributed by atoms with E-state index in [0.29, 0.717) is 19.5 Å². The van der Waals surface area contributed by atoms with E-state index >= 15 is 0 Å². The van der Waals surface area contributed by atoms with Crippen LogP contribution in [0.1, 0.15) is 47.6 Å². The van der Waals surface area contributed by atoms with E-state index < -0.39 is 0 Å². The van der Waals surface area contributed by atoms with Crippen molar-refractivity contribution in [3.05, 3.63) is 108 Å². The van der Waals surface area contributed by atoms with E-state index in [9.17, 15) is 4.79 Å². The van der Waals surface area contributed by atoms with E-state index in [2.05, 4.69) is 39.2 Å². The molecule has 1 aliphatic carbocycles. The summed E-state index contributed by atoms with van der Waals surface area (Å²) >= 11 is 0. The average molecular weight is 451 g/mol. The van der Waals surface area contributed by atoms with Gasteiger partial charge in [-0.1, -0.05) is 60.7 Å². The summed E-state index contributed by atoms with van der Waals surface area (Å²) in [7, 11) is 0. The van der Waals surface area contributed by atoms with Crippen LogP contribution in [0.4, 0.5) is 0 Å². The number of amides is 1. The Morgan fingerprint density at radius 1 is 0.882 bits per heavy atom. The number of nitrogens with zero attached hydrogens (tertiary/aromatic N) is 3. The Labute approximate surface area is 200 Å². The Morgan fingerprint density at radius 3 is 2.21 bits per heavy atom. The largest absolute Gasteiger partial charge is 0.354 e. The summed E-state index contributed by atoms with van der Waals surface area (Å²) in [5, 5.41) is 8.10. The lowest BCUT2D eigenvalue weighted by Gasteiger charge is -2.18. The van der Waals surface area contributed by atoms with Crippen LogP contribution in [-0.2, 0) is 24.2 Å². The predicted molar refractivity (Wildman–Crippen MR) is 134 cm³/mol. The van der Waals surface area contributed by atoms with Crippen LogP contribution in [0.3, 0.4) is 0 Å². The molecule has 0 unspecified atom stereocenters. The molecule has 4 aromatic rings. The van der Waals surface area contributed by atoms with Gasteiger partial charge in [-0.2, -0.15) is 5.10 Å². The first-order valence-corrected chi connectivity index (χ1v) is 12.1. The SMILES string of the molecule is O=C(CC(c1ccccc1)c1ccccc1)NCCn1nc(-c2ccncc2)c2c1CCCC2. The highest BCUT2D eigenvalue weighted by molar-refractivity contribution is 5.77. The number of carbonyl (C=O) groups is 1. The molecule has 5 rings (SSSR count). The molecular weight excluding hydrogens is 420 g/mol. The normalized spacial score (nSPS) is 13.0. The molecule has 0 aliphatic heterocycles. The van der Waals surface area contributed by atoms with Gasteiger partial charge < -0.3 is 5.32 Å². The maximum absolute atomic E-state index is 13.0. The zero-order valence-corrected chi connectivity index (χ0v) is 19.4. The molecule has 0 atom stereocenters. The summed E-state index contributed by atoms with van der Waals surface area (Å²) in [5.41, 5.74) is 7.18. The highest BCUT2D eigenvalue weighted by atomic mass is 16.1. The second-order valence-electron chi connectivity index (χ2n) is 8.87. The number of benzene rings is 2. The second-order valence-corrected chi connectivity index (χ2v) is 8.87. The van der Waals surface area contributed by atoms with Crippen LogP contribution in [0.5, 0.6) is 0 Å². The van der Waals surface area contributed by atoms with Gasteiger partial charge in [-0.15, -0.1) is 0 Å². The first-order chi connectivity index (χ1) is 16.8. The summed E-state index contributed by atoms with van der Waals surface area (Å²) < 4.78 is 2.11. The van der Waals surface area contributed by atoms with Gasteiger partial charge >= 0.3 is 0 Å². The Kier molecular flexibility index (Phi) is 6.80. The van der Waals surface area contributed by atoms with E-state index in [1.807, 2.05) is 60.9 Å². The molecule has 1 amide bonds. The van der Waals surface area contributed by atoms with Gasteiger partial charge in [-0.05, 0) is 48.9 Å². The third-order valence-corrected chi connectivity index (χ3v) is 6.65. The number of carbonyl (C=O) groups excluding carboxylic acids is 1. The van der Waals surface area contributed by atoms with Gasteiger partial charge in [-0.3, -0.25) is 14.5 Å². The van der Waals surface area contributed by atoms with Crippen LogP contribution >= 0.6 is 0 Å². The van der Waals surface area contributed by atoms with E-state index in [0.717, 1.165) is 35.2 Å². The standard InChI is InChI=1S/C29H30N4O/c34-28(21-26(22-9-3-1-4-10-22)23-11-5-2-6-12-23)31-19-20-33-27-14-8-7-13-25(27)29(32-33)24-15-17-30-18-16-24/h1-6,9-12,15-18,26H,7-8,13-14,19-21H2,(H,31,34). The molecule has 2 aromatic heterocycles. The van der Waals surface area contributed by atoms with E-state index in [1.165, 1.54) is 24.1 Å². The zero-order valence-electron chi connectivity index (χ0n) is 19.4. The van der Waals surface area contributed by atoms with Crippen LogP contribution in [0.2, 0.25) is 0 Å². The molecule has 34 heavy (non-hydrogen) atoms. The maximum Gasteiger partial charge on any atom is 0.221 e. The molecule has 2 aromatic carbocycles. The minimum Gasteiger partial charge on any atom is -0.354 e. The fourth-order valence-corrected chi connectivity index (χ4v) is 4.96. The van der Waals surface area contributed by atoms with Gasteiger partial charge in [0.1, 0.15) is 0 Å². The smallest absolute Gasteiger partial charge is 0.221 e. The lowest BCUT2D eigenvalue weighted by molar-refractivity contribution is -0.121. The van der Waals surface area contributed by atoms with Crippen molar-refractivity contribution in [2.75, 3.05) is 6.54 Å². The number of rotatable bonds is 8. The molecule has 0 fully saturated rings. The molecular formula is C29H30N4O. The van der Waals surface area contributed by atoms with Crippen LogP contribution in [0.15, 0.2) is 85.2 Å². The number of hydrogen-bond donors (Lipinski definition) is 1. The first kappa shape index (κ1) is 22.1. The number of nitrogens with one attached hydrogen (secondary N) is 1. The van der Waals surface area contributed by atoms with Crippen molar-refractivity contribution in [2.45, 2.75) is 44.6 Å². The number of hydrogen-bond acceptors (Lipinski definition) is 3. The molecule has 0 bridgehead atoms. The minimum absolute atomic E-state index is 0.0400. The summed E-state index contributed by atoms with van der Waals surface area (Å²) in [4.78, 5) is 17.1. The fourth-order valence-electron chi connectivity index (χ4n) is 4.96. The monoisotopic (exact) mass is 450 g/mol. The van der Waals surface area contributed by atoms with Crippen molar-refractivity contribution in [2.24, 2.45) is 0 Å². The summed E-state index contributed by atoms with van der Waals surface area (Å²) in [6.07, 6.45) is 8.57. The molecule has 5 nitrogen and oxygen atoms in total. The van der Waals surface area contributed by atoms with Crippen molar-refractivity contribution in [3.63, 3.8) is 0 Å². The topological polar surface area (TPSA) is 59.8 Å². The van der Waals surface area contributed by atoms with Crippen LogP contribution in [0, 0.1) is 0 Å². The highest BCUT2D eigenvalue weighted by Gasteiger charge is 2.22. The molecule has 1 aliphatic rings. The Hall–Kier alpha value is -3.73. The van der Waals surface area contributed by atoms with Gasteiger partial charge in [0.25, 0.3) is 0 Å². The third kappa shape index (κ3) is 4.93. The van der Waals surface area contributed by atoms with Crippen molar-refractivity contribution in [1.29, 1.82) is 0 Å².